The van der Waals surface area contributed by atoms with Gasteiger partial charge in [-0.2, -0.15) is 4.72 Å². The molecule has 1 heterocycles. The average molecular weight is 395 g/mol. The molecule has 0 aliphatic heterocycles. The van der Waals surface area contributed by atoms with Gasteiger partial charge >= 0.3 is 5.97 Å². The van der Waals surface area contributed by atoms with Gasteiger partial charge < -0.3 is 9.15 Å². The van der Waals surface area contributed by atoms with Gasteiger partial charge in [0.05, 0.1) is 4.90 Å². The predicted molar refractivity (Wildman–Crippen MR) is 106 cm³/mol. The van der Waals surface area contributed by atoms with Crippen LogP contribution in [0.5, 0.6) is 5.75 Å². The summed E-state index contributed by atoms with van der Waals surface area (Å²) in [5.74, 6) is -0.388. The number of rotatable bonds is 5. The van der Waals surface area contributed by atoms with Crippen LogP contribution in [-0.4, -0.2) is 20.4 Å². The van der Waals surface area contributed by atoms with Crippen molar-refractivity contribution < 1.29 is 22.4 Å². The Labute approximate surface area is 161 Å². The van der Waals surface area contributed by atoms with Crippen LogP contribution >= 0.6 is 0 Å². The number of esters is 1. The molecule has 1 N–H and O–H groups in total. The maximum atomic E-state index is 12.4. The van der Waals surface area contributed by atoms with E-state index in [-0.39, 0.29) is 4.90 Å². The fourth-order valence-corrected chi connectivity index (χ4v) is 4.13. The van der Waals surface area contributed by atoms with Crippen LogP contribution in [0, 0.1) is 0 Å². The average Bonchev–Trinajstić information content (AvgIpc) is 3.06. The van der Waals surface area contributed by atoms with Crippen molar-refractivity contribution in [2.45, 2.75) is 17.9 Å². The maximum absolute atomic E-state index is 12.4. The van der Waals surface area contributed by atoms with E-state index in [1.54, 1.807) is 36.4 Å². The predicted octanol–water partition coefficient (Wildman–Crippen LogP) is 3.86. The van der Waals surface area contributed by atoms with Crippen LogP contribution < -0.4 is 9.46 Å². The number of ether oxygens (including phenoxy) is 1. The van der Waals surface area contributed by atoms with Crippen LogP contribution in [0.15, 0.2) is 82.1 Å². The summed E-state index contributed by atoms with van der Waals surface area (Å²) in [7, 11) is -3.82. The van der Waals surface area contributed by atoms with Gasteiger partial charge in [0.15, 0.2) is 0 Å². The summed E-state index contributed by atoms with van der Waals surface area (Å²) in [5.41, 5.74) is 1.42. The summed E-state index contributed by atoms with van der Waals surface area (Å²) in [5, 5.41) is 1.73. The Morgan fingerprint density at radius 3 is 2.39 bits per heavy atom. The normalized spacial score (nSPS) is 12.9. The lowest BCUT2D eigenvalue weighted by molar-refractivity contribution is -0.135. The molecule has 28 heavy (non-hydrogen) atoms. The summed E-state index contributed by atoms with van der Waals surface area (Å²) >= 11 is 0. The van der Waals surface area contributed by atoms with Crippen molar-refractivity contribution in [1.82, 2.24) is 4.72 Å². The quantitative estimate of drug-likeness (QED) is 0.410. The second kappa shape index (κ2) is 7.10. The monoisotopic (exact) mass is 395 g/mol. The first-order valence-corrected chi connectivity index (χ1v) is 10.1. The van der Waals surface area contributed by atoms with Gasteiger partial charge in [-0.25, -0.2) is 13.2 Å². The van der Waals surface area contributed by atoms with E-state index in [0.717, 1.165) is 16.4 Å². The summed E-state index contributed by atoms with van der Waals surface area (Å²) in [6.07, 6.45) is 0. The van der Waals surface area contributed by atoms with Gasteiger partial charge in [-0.15, -0.1) is 0 Å². The van der Waals surface area contributed by atoms with E-state index in [9.17, 15) is 13.2 Å². The minimum atomic E-state index is -3.82. The minimum absolute atomic E-state index is 0.0842. The number of furan rings is 1. The number of hydrogen-bond donors (Lipinski definition) is 1. The van der Waals surface area contributed by atoms with Crippen molar-refractivity contribution in [3.05, 3.63) is 72.8 Å². The van der Waals surface area contributed by atoms with Crippen LogP contribution in [0.2, 0.25) is 0 Å². The van der Waals surface area contributed by atoms with Gasteiger partial charge in [-0.05, 0) is 43.3 Å². The fourth-order valence-electron chi connectivity index (χ4n) is 2.92. The van der Waals surface area contributed by atoms with Gasteiger partial charge in [-0.3, -0.25) is 0 Å². The van der Waals surface area contributed by atoms with Gasteiger partial charge in [0.1, 0.15) is 23.0 Å². The zero-order valence-electron chi connectivity index (χ0n) is 15.0. The molecule has 0 amide bonds. The Kier molecular flexibility index (Phi) is 4.62. The fraction of sp³-hybridized carbons (Fsp3) is 0.0952. The standard InChI is InChI=1S/C21H17NO5S/c1-14(22-28(24,25)16-7-3-2-4-8-16)21(23)26-15-11-12-20-18(13-15)17-9-5-6-10-19(17)27-20/h2-14,22H,1H3/t14-/m0/s1. The van der Waals surface area contributed by atoms with Gasteiger partial charge in [0.2, 0.25) is 10.0 Å². The molecule has 1 atom stereocenters. The first kappa shape index (κ1) is 18.2. The highest BCUT2D eigenvalue weighted by Gasteiger charge is 2.23. The molecule has 0 unspecified atom stereocenters. The molecule has 0 aliphatic carbocycles. The SMILES string of the molecule is C[C@H](NS(=O)(=O)c1ccccc1)C(=O)Oc1ccc2oc3ccccc3c2c1. The topological polar surface area (TPSA) is 85.6 Å². The molecule has 0 fully saturated rings. The van der Waals surface area contributed by atoms with E-state index in [0.29, 0.717) is 11.3 Å². The molecule has 0 bridgehead atoms. The summed E-state index contributed by atoms with van der Waals surface area (Å²) in [6.45, 7) is 1.44. The number of carbonyl (C=O) groups is 1. The van der Waals surface area contributed by atoms with Crippen LogP contribution in [0.1, 0.15) is 6.92 Å². The third-order valence-corrected chi connectivity index (χ3v) is 5.86. The van der Waals surface area contributed by atoms with Gasteiger partial charge in [-0.1, -0.05) is 36.4 Å². The Morgan fingerprint density at radius 2 is 1.61 bits per heavy atom. The number of benzene rings is 3. The molecule has 7 heteroatoms. The van der Waals surface area contributed by atoms with Crippen molar-refractivity contribution in [3.63, 3.8) is 0 Å². The lowest BCUT2D eigenvalue weighted by atomic mass is 10.1. The summed E-state index contributed by atoms with van der Waals surface area (Å²) in [6, 6.07) is 19.4. The molecule has 4 aromatic rings. The van der Waals surface area contributed by atoms with Crippen LogP contribution in [-0.2, 0) is 14.8 Å². The molecule has 0 aliphatic rings. The summed E-state index contributed by atoms with van der Waals surface area (Å²) < 4.78 is 38.2. The van der Waals surface area contributed by atoms with Crippen LogP contribution in [0.3, 0.4) is 0 Å². The van der Waals surface area contributed by atoms with E-state index in [1.807, 2.05) is 24.3 Å². The molecule has 3 aromatic carbocycles. The molecule has 0 saturated heterocycles. The minimum Gasteiger partial charge on any atom is -0.456 e. The Balaban J connectivity index is 1.53. The first-order valence-electron chi connectivity index (χ1n) is 8.64. The third kappa shape index (κ3) is 3.49. The molecule has 4 rings (SSSR count). The number of nitrogens with one attached hydrogen (secondary N) is 1. The van der Waals surface area contributed by atoms with Crippen molar-refractivity contribution in [2.75, 3.05) is 0 Å². The van der Waals surface area contributed by atoms with Crippen molar-refractivity contribution in [1.29, 1.82) is 0 Å². The number of para-hydroxylation sites is 1. The van der Waals surface area contributed by atoms with E-state index < -0.39 is 22.0 Å². The van der Waals surface area contributed by atoms with Gasteiger partial charge in [0.25, 0.3) is 0 Å². The Morgan fingerprint density at radius 1 is 0.929 bits per heavy atom. The number of fused-ring (bicyclic) bond motifs is 3. The highest BCUT2D eigenvalue weighted by molar-refractivity contribution is 7.89. The molecule has 1 aromatic heterocycles. The third-order valence-electron chi connectivity index (χ3n) is 4.31. The summed E-state index contributed by atoms with van der Waals surface area (Å²) in [4.78, 5) is 12.5. The first-order chi connectivity index (χ1) is 13.4. The molecule has 6 nitrogen and oxygen atoms in total. The highest BCUT2D eigenvalue weighted by atomic mass is 32.2. The van der Waals surface area contributed by atoms with E-state index in [1.165, 1.54) is 19.1 Å². The smallest absolute Gasteiger partial charge is 0.329 e. The molecule has 142 valence electrons. The Hall–Kier alpha value is -3.16. The zero-order valence-corrected chi connectivity index (χ0v) is 15.8. The van der Waals surface area contributed by atoms with E-state index in [2.05, 4.69) is 4.72 Å². The van der Waals surface area contributed by atoms with E-state index in [4.69, 9.17) is 9.15 Å². The van der Waals surface area contributed by atoms with Crippen molar-refractivity contribution in [2.24, 2.45) is 0 Å². The lowest BCUT2D eigenvalue weighted by Crippen LogP contribution is -2.40. The second-order valence-electron chi connectivity index (χ2n) is 6.33. The molecule has 0 saturated carbocycles. The number of carbonyl (C=O) groups excluding carboxylic acids is 1. The molecular weight excluding hydrogens is 378 g/mol. The highest BCUT2D eigenvalue weighted by Crippen LogP contribution is 2.31. The van der Waals surface area contributed by atoms with E-state index >= 15 is 0 Å². The zero-order chi connectivity index (χ0) is 19.7. The second-order valence-corrected chi connectivity index (χ2v) is 8.05. The van der Waals surface area contributed by atoms with Crippen LogP contribution in [0.25, 0.3) is 21.9 Å². The maximum Gasteiger partial charge on any atom is 0.329 e. The number of hydrogen-bond acceptors (Lipinski definition) is 5. The largest absolute Gasteiger partial charge is 0.456 e. The van der Waals surface area contributed by atoms with Crippen molar-refractivity contribution >= 4 is 37.9 Å². The molecule has 0 spiro atoms. The van der Waals surface area contributed by atoms with Crippen LogP contribution in [0.4, 0.5) is 0 Å². The molecular formula is C21H17NO5S. The van der Waals surface area contributed by atoms with Gasteiger partial charge in [0, 0.05) is 10.8 Å². The number of sulfonamides is 1. The molecule has 0 radical (unpaired) electrons. The Bertz CT molecular complexity index is 1260. The lowest BCUT2D eigenvalue weighted by Gasteiger charge is -2.13. The van der Waals surface area contributed by atoms with Crippen molar-refractivity contribution in [3.8, 4) is 5.75 Å².